The maximum atomic E-state index is 13.4. The predicted molar refractivity (Wildman–Crippen MR) is 71.9 cm³/mol. The van der Waals surface area contributed by atoms with Gasteiger partial charge in [0.25, 0.3) is 0 Å². The second kappa shape index (κ2) is 5.83. The van der Waals surface area contributed by atoms with Crippen LogP contribution in [-0.2, 0) is 0 Å². The number of halogens is 2. The summed E-state index contributed by atoms with van der Waals surface area (Å²) in [6.45, 7) is 6.63. The van der Waals surface area contributed by atoms with Crippen molar-refractivity contribution in [1.29, 1.82) is 0 Å². The van der Waals surface area contributed by atoms with Crippen molar-refractivity contribution < 1.29 is 4.39 Å². The first kappa shape index (κ1) is 14.5. The topological polar surface area (TPSA) is 12.0 Å². The molecule has 17 heavy (non-hydrogen) atoms. The van der Waals surface area contributed by atoms with Crippen molar-refractivity contribution in [3.8, 4) is 0 Å². The van der Waals surface area contributed by atoms with Gasteiger partial charge in [0.1, 0.15) is 5.82 Å². The molecule has 0 fully saturated rings. The number of hydrogen-bond donors (Lipinski definition) is 1. The van der Waals surface area contributed by atoms with Gasteiger partial charge in [-0.1, -0.05) is 38.4 Å². The molecule has 0 spiro atoms. The van der Waals surface area contributed by atoms with Gasteiger partial charge in [-0.15, -0.1) is 0 Å². The lowest BCUT2D eigenvalue weighted by Gasteiger charge is -2.23. The molecule has 0 saturated heterocycles. The summed E-state index contributed by atoms with van der Waals surface area (Å²) >= 11 is 5.68. The lowest BCUT2D eigenvalue weighted by atomic mass is 9.87. The van der Waals surface area contributed by atoms with Gasteiger partial charge in [-0.2, -0.15) is 0 Å². The minimum Gasteiger partial charge on any atom is -0.313 e. The SMILES string of the molecule is CNC(CCC(C)(C)C)c1ccc(Cl)c(F)c1. The molecule has 1 N–H and O–H groups in total. The van der Waals surface area contributed by atoms with Crippen LogP contribution >= 0.6 is 11.6 Å². The second-order valence-corrected chi connectivity index (χ2v) is 6.02. The number of nitrogens with one attached hydrogen (secondary N) is 1. The van der Waals surface area contributed by atoms with Crippen LogP contribution in [0.5, 0.6) is 0 Å². The Hall–Kier alpha value is -0.600. The first-order valence-corrected chi connectivity index (χ1v) is 6.33. The zero-order chi connectivity index (χ0) is 13.1. The number of rotatable bonds is 4. The monoisotopic (exact) mass is 257 g/mol. The van der Waals surface area contributed by atoms with Crippen molar-refractivity contribution in [2.45, 2.75) is 39.7 Å². The molecule has 1 aromatic rings. The summed E-state index contributed by atoms with van der Waals surface area (Å²) in [6, 6.07) is 5.20. The Morgan fingerprint density at radius 3 is 2.47 bits per heavy atom. The molecule has 1 nitrogen and oxygen atoms in total. The minimum absolute atomic E-state index is 0.180. The predicted octanol–water partition coefficient (Wildman–Crippen LogP) is 4.57. The van der Waals surface area contributed by atoms with Crippen LogP contribution in [0.15, 0.2) is 18.2 Å². The highest BCUT2D eigenvalue weighted by Crippen LogP contribution is 2.28. The van der Waals surface area contributed by atoms with Gasteiger partial charge in [-0.05, 0) is 43.0 Å². The molecule has 0 saturated carbocycles. The van der Waals surface area contributed by atoms with Crippen molar-refractivity contribution in [2.24, 2.45) is 5.41 Å². The normalized spacial score (nSPS) is 13.8. The molecule has 0 amide bonds. The lowest BCUT2D eigenvalue weighted by molar-refractivity contribution is 0.337. The molecule has 1 atom stereocenters. The van der Waals surface area contributed by atoms with Crippen LogP contribution in [0.25, 0.3) is 0 Å². The molecular weight excluding hydrogens is 237 g/mol. The summed E-state index contributed by atoms with van der Waals surface area (Å²) < 4.78 is 13.4. The molecule has 0 bridgehead atoms. The number of hydrogen-bond acceptors (Lipinski definition) is 1. The molecule has 96 valence electrons. The average molecular weight is 258 g/mol. The fourth-order valence-corrected chi connectivity index (χ4v) is 1.90. The zero-order valence-electron chi connectivity index (χ0n) is 11.0. The molecule has 0 aromatic heterocycles. The Balaban J connectivity index is 2.76. The Morgan fingerprint density at radius 1 is 1.35 bits per heavy atom. The van der Waals surface area contributed by atoms with Crippen molar-refractivity contribution in [3.63, 3.8) is 0 Å². The minimum atomic E-state index is -0.347. The quantitative estimate of drug-likeness (QED) is 0.833. The van der Waals surface area contributed by atoms with Crippen molar-refractivity contribution >= 4 is 11.6 Å². The summed E-state index contributed by atoms with van der Waals surface area (Å²) in [6.07, 6.45) is 2.07. The fraction of sp³-hybridized carbons (Fsp3) is 0.571. The van der Waals surface area contributed by atoms with E-state index in [2.05, 4.69) is 26.1 Å². The van der Waals surface area contributed by atoms with Crippen molar-refractivity contribution in [3.05, 3.63) is 34.6 Å². The third kappa shape index (κ3) is 4.64. The van der Waals surface area contributed by atoms with E-state index in [4.69, 9.17) is 11.6 Å². The molecule has 0 aliphatic heterocycles. The van der Waals surface area contributed by atoms with E-state index < -0.39 is 0 Å². The van der Waals surface area contributed by atoms with Gasteiger partial charge < -0.3 is 5.32 Å². The summed E-state index contributed by atoms with van der Waals surface area (Å²) in [4.78, 5) is 0. The van der Waals surface area contributed by atoms with Crippen molar-refractivity contribution in [1.82, 2.24) is 5.32 Å². The molecule has 1 rings (SSSR count). The Morgan fingerprint density at radius 2 is 2.00 bits per heavy atom. The van der Waals surface area contributed by atoms with E-state index >= 15 is 0 Å². The van der Waals surface area contributed by atoms with Gasteiger partial charge in [0, 0.05) is 6.04 Å². The van der Waals surface area contributed by atoms with E-state index in [1.807, 2.05) is 13.1 Å². The van der Waals surface area contributed by atoms with Crippen LogP contribution in [0.2, 0.25) is 5.02 Å². The Labute approximate surface area is 108 Å². The molecule has 0 radical (unpaired) electrons. The third-order valence-electron chi connectivity index (χ3n) is 2.88. The Bertz CT molecular complexity index is 371. The molecule has 0 aliphatic rings. The Kier molecular flexibility index (Phi) is 4.96. The summed E-state index contributed by atoms with van der Waals surface area (Å²) in [5.41, 5.74) is 1.25. The van der Waals surface area contributed by atoms with Gasteiger partial charge in [0.2, 0.25) is 0 Å². The average Bonchev–Trinajstić information content (AvgIpc) is 2.22. The largest absolute Gasteiger partial charge is 0.313 e. The van der Waals surface area contributed by atoms with Gasteiger partial charge >= 0.3 is 0 Å². The highest BCUT2D eigenvalue weighted by atomic mass is 35.5. The molecule has 0 heterocycles. The standard InChI is InChI=1S/C14H21ClFN/c1-14(2,3)8-7-13(17-4)10-5-6-11(15)12(16)9-10/h5-6,9,13,17H,7-8H2,1-4H3. The first-order valence-electron chi connectivity index (χ1n) is 5.96. The smallest absolute Gasteiger partial charge is 0.142 e. The number of benzene rings is 1. The molecular formula is C14H21ClFN. The maximum Gasteiger partial charge on any atom is 0.142 e. The van der Waals surface area contributed by atoms with E-state index in [1.165, 1.54) is 6.07 Å². The van der Waals surface area contributed by atoms with Crippen LogP contribution in [0.3, 0.4) is 0 Å². The van der Waals surface area contributed by atoms with E-state index in [9.17, 15) is 4.39 Å². The van der Waals surface area contributed by atoms with Crippen LogP contribution < -0.4 is 5.32 Å². The van der Waals surface area contributed by atoms with Crippen LogP contribution in [0, 0.1) is 11.2 Å². The van der Waals surface area contributed by atoms with Crippen molar-refractivity contribution in [2.75, 3.05) is 7.05 Å². The molecule has 1 aromatic carbocycles. The first-order chi connectivity index (χ1) is 7.83. The molecule has 3 heteroatoms. The highest BCUT2D eigenvalue weighted by molar-refractivity contribution is 6.30. The van der Waals surface area contributed by atoms with E-state index in [0.717, 1.165) is 18.4 Å². The zero-order valence-corrected chi connectivity index (χ0v) is 11.7. The molecule has 0 aliphatic carbocycles. The van der Waals surface area contributed by atoms with Crippen LogP contribution in [0.4, 0.5) is 4.39 Å². The fourth-order valence-electron chi connectivity index (χ4n) is 1.78. The van der Waals surface area contributed by atoms with Crippen LogP contribution in [-0.4, -0.2) is 7.05 Å². The van der Waals surface area contributed by atoms with E-state index in [0.29, 0.717) is 5.41 Å². The van der Waals surface area contributed by atoms with Gasteiger partial charge in [-0.3, -0.25) is 0 Å². The summed E-state index contributed by atoms with van der Waals surface area (Å²) in [5, 5.41) is 3.41. The van der Waals surface area contributed by atoms with Gasteiger partial charge in [-0.25, -0.2) is 4.39 Å². The van der Waals surface area contributed by atoms with Gasteiger partial charge in [0.15, 0.2) is 0 Å². The second-order valence-electron chi connectivity index (χ2n) is 5.61. The lowest BCUT2D eigenvalue weighted by Crippen LogP contribution is -2.19. The molecule has 1 unspecified atom stereocenters. The third-order valence-corrected chi connectivity index (χ3v) is 3.18. The van der Waals surface area contributed by atoms with Gasteiger partial charge in [0.05, 0.1) is 5.02 Å². The summed E-state index contributed by atoms with van der Waals surface area (Å²) in [5.74, 6) is -0.347. The highest BCUT2D eigenvalue weighted by Gasteiger charge is 2.16. The van der Waals surface area contributed by atoms with Crippen LogP contribution in [0.1, 0.15) is 45.2 Å². The van der Waals surface area contributed by atoms with E-state index in [1.54, 1.807) is 6.07 Å². The summed E-state index contributed by atoms with van der Waals surface area (Å²) in [7, 11) is 1.90. The van der Waals surface area contributed by atoms with E-state index in [-0.39, 0.29) is 16.9 Å². The maximum absolute atomic E-state index is 13.4.